The average Bonchev–Trinajstić information content (AvgIpc) is 2.83. The van der Waals surface area contributed by atoms with E-state index in [1.807, 2.05) is 0 Å². The topological polar surface area (TPSA) is 59.2 Å². The summed E-state index contributed by atoms with van der Waals surface area (Å²) in [6.45, 7) is 5.76. The predicted octanol–water partition coefficient (Wildman–Crippen LogP) is 1.36. The Hall–Kier alpha value is -1.23. The van der Waals surface area contributed by atoms with Crippen molar-refractivity contribution in [2.45, 2.75) is 39.2 Å². The Morgan fingerprint density at radius 1 is 1.62 bits per heavy atom. The van der Waals surface area contributed by atoms with Gasteiger partial charge < -0.3 is 4.52 Å². The van der Waals surface area contributed by atoms with E-state index < -0.39 is 0 Å². The number of carbonyl (C=O) groups excluding carboxylic acids is 1. The molecule has 2 rings (SSSR count). The summed E-state index contributed by atoms with van der Waals surface area (Å²) in [4.78, 5) is 17.6. The van der Waals surface area contributed by atoms with Crippen LogP contribution in [-0.2, 0) is 11.2 Å². The first-order valence-electron chi connectivity index (χ1n) is 5.76. The molecule has 0 N–H and O–H groups in total. The molecule has 1 aliphatic rings. The Morgan fingerprint density at radius 3 is 3.12 bits per heavy atom. The zero-order chi connectivity index (χ0) is 11.5. The van der Waals surface area contributed by atoms with Gasteiger partial charge in [-0.05, 0) is 32.9 Å². The highest BCUT2D eigenvalue weighted by Crippen LogP contribution is 2.29. The molecule has 0 amide bonds. The Morgan fingerprint density at radius 2 is 2.44 bits per heavy atom. The van der Waals surface area contributed by atoms with Crippen molar-refractivity contribution in [3.8, 4) is 0 Å². The molecule has 1 saturated heterocycles. The van der Waals surface area contributed by atoms with Gasteiger partial charge in [0, 0.05) is 0 Å². The average molecular weight is 223 g/mol. The van der Waals surface area contributed by atoms with Crippen LogP contribution >= 0.6 is 0 Å². The summed E-state index contributed by atoms with van der Waals surface area (Å²) >= 11 is 0. The van der Waals surface area contributed by atoms with Crippen molar-refractivity contribution in [2.24, 2.45) is 0 Å². The first kappa shape index (κ1) is 11.3. The maximum atomic E-state index is 10.9. The molecule has 88 valence electrons. The lowest BCUT2D eigenvalue weighted by Crippen LogP contribution is -2.23. The highest BCUT2D eigenvalue weighted by molar-refractivity contribution is 5.77. The highest BCUT2D eigenvalue weighted by Gasteiger charge is 2.28. The van der Waals surface area contributed by atoms with Crippen molar-refractivity contribution < 1.29 is 9.32 Å². The standard InChI is InChI=1S/C11H17N3O2/c1-3-14-6-4-5-9(14)11-12-10(16-13-11)7-8(2)15/h9H,3-7H2,1-2H3. The van der Waals surface area contributed by atoms with Gasteiger partial charge in [0.25, 0.3) is 0 Å². The SMILES string of the molecule is CCN1CCCC1c1noc(CC(C)=O)n1. The minimum atomic E-state index is 0.0500. The third-order valence-corrected chi connectivity index (χ3v) is 2.95. The van der Waals surface area contributed by atoms with Crippen LogP contribution in [0, 0.1) is 0 Å². The number of aromatic nitrogens is 2. The minimum absolute atomic E-state index is 0.0500. The lowest BCUT2D eigenvalue weighted by molar-refractivity contribution is -0.116. The quantitative estimate of drug-likeness (QED) is 0.771. The van der Waals surface area contributed by atoms with Gasteiger partial charge in [-0.1, -0.05) is 12.1 Å². The van der Waals surface area contributed by atoms with E-state index in [9.17, 15) is 4.79 Å². The molecule has 0 saturated carbocycles. The van der Waals surface area contributed by atoms with Crippen molar-refractivity contribution >= 4 is 5.78 Å². The largest absolute Gasteiger partial charge is 0.339 e. The molecule has 1 aromatic heterocycles. The molecule has 0 bridgehead atoms. The molecule has 0 spiro atoms. The normalized spacial score (nSPS) is 21.5. The second kappa shape index (κ2) is 4.74. The fraction of sp³-hybridized carbons (Fsp3) is 0.727. The number of rotatable bonds is 4. The van der Waals surface area contributed by atoms with Crippen LogP contribution in [0.1, 0.15) is 44.4 Å². The van der Waals surface area contributed by atoms with Crippen LogP contribution in [0.4, 0.5) is 0 Å². The summed E-state index contributed by atoms with van der Waals surface area (Å²) in [6.07, 6.45) is 2.49. The Bertz CT molecular complexity index is 375. The van der Waals surface area contributed by atoms with Crippen molar-refractivity contribution in [3.05, 3.63) is 11.7 Å². The third-order valence-electron chi connectivity index (χ3n) is 2.95. The molecule has 16 heavy (non-hydrogen) atoms. The summed E-state index contributed by atoms with van der Waals surface area (Å²) in [5.74, 6) is 1.22. The molecular weight excluding hydrogens is 206 g/mol. The van der Waals surface area contributed by atoms with E-state index in [1.54, 1.807) is 0 Å². The van der Waals surface area contributed by atoms with E-state index in [0.717, 1.165) is 25.3 Å². The maximum Gasteiger partial charge on any atom is 0.234 e. The number of hydrogen-bond donors (Lipinski definition) is 0. The van der Waals surface area contributed by atoms with E-state index in [4.69, 9.17) is 4.52 Å². The number of Topliss-reactive ketones (excluding diaryl/α,β-unsaturated/α-hetero) is 1. The second-order valence-corrected chi connectivity index (χ2v) is 4.21. The van der Waals surface area contributed by atoms with Crippen LogP contribution in [0.5, 0.6) is 0 Å². The summed E-state index contributed by atoms with van der Waals surface area (Å²) in [7, 11) is 0. The van der Waals surface area contributed by atoms with Gasteiger partial charge in [0.05, 0.1) is 12.5 Å². The van der Waals surface area contributed by atoms with Gasteiger partial charge >= 0.3 is 0 Å². The van der Waals surface area contributed by atoms with E-state index in [-0.39, 0.29) is 18.2 Å². The van der Waals surface area contributed by atoms with Crippen molar-refractivity contribution in [3.63, 3.8) is 0 Å². The molecule has 5 nitrogen and oxygen atoms in total. The zero-order valence-electron chi connectivity index (χ0n) is 9.77. The van der Waals surface area contributed by atoms with Crippen LogP contribution in [0.15, 0.2) is 4.52 Å². The van der Waals surface area contributed by atoms with Gasteiger partial charge in [0.2, 0.25) is 5.89 Å². The fourth-order valence-corrected chi connectivity index (χ4v) is 2.19. The fourth-order valence-electron chi connectivity index (χ4n) is 2.19. The second-order valence-electron chi connectivity index (χ2n) is 4.21. The Labute approximate surface area is 94.8 Å². The molecule has 0 aliphatic carbocycles. The van der Waals surface area contributed by atoms with Crippen LogP contribution in [0.2, 0.25) is 0 Å². The molecule has 1 unspecified atom stereocenters. The first-order valence-corrected chi connectivity index (χ1v) is 5.76. The smallest absolute Gasteiger partial charge is 0.234 e. The molecule has 1 atom stereocenters. The first-order chi connectivity index (χ1) is 7.70. The predicted molar refractivity (Wildman–Crippen MR) is 57.9 cm³/mol. The molecule has 2 heterocycles. The van der Waals surface area contributed by atoms with Gasteiger partial charge in [-0.2, -0.15) is 4.98 Å². The molecule has 0 aromatic carbocycles. The molecule has 0 radical (unpaired) electrons. The van der Waals surface area contributed by atoms with Gasteiger partial charge in [0.1, 0.15) is 5.78 Å². The Balaban J connectivity index is 2.09. The molecular formula is C11H17N3O2. The maximum absolute atomic E-state index is 10.9. The monoisotopic (exact) mass is 223 g/mol. The molecule has 1 fully saturated rings. The summed E-state index contributed by atoms with van der Waals surface area (Å²) in [5, 5.41) is 3.97. The van der Waals surface area contributed by atoms with Crippen molar-refractivity contribution in [2.75, 3.05) is 13.1 Å². The van der Waals surface area contributed by atoms with E-state index in [1.165, 1.54) is 13.3 Å². The summed E-state index contributed by atoms with van der Waals surface area (Å²) < 4.78 is 5.07. The molecule has 1 aromatic rings. The summed E-state index contributed by atoms with van der Waals surface area (Å²) in [5.41, 5.74) is 0. The number of hydrogen-bond acceptors (Lipinski definition) is 5. The number of nitrogens with zero attached hydrogens (tertiary/aromatic N) is 3. The highest BCUT2D eigenvalue weighted by atomic mass is 16.5. The van der Waals surface area contributed by atoms with Crippen LogP contribution < -0.4 is 0 Å². The van der Waals surface area contributed by atoms with Gasteiger partial charge in [-0.3, -0.25) is 9.69 Å². The molecule has 1 aliphatic heterocycles. The zero-order valence-corrected chi connectivity index (χ0v) is 9.77. The van der Waals surface area contributed by atoms with Crippen LogP contribution in [0.25, 0.3) is 0 Å². The molecule has 5 heteroatoms. The number of carbonyl (C=O) groups is 1. The van der Waals surface area contributed by atoms with Gasteiger partial charge in [-0.15, -0.1) is 0 Å². The summed E-state index contributed by atoms with van der Waals surface area (Å²) in [6, 6.07) is 0.273. The lowest BCUT2D eigenvalue weighted by atomic mass is 10.2. The lowest BCUT2D eigenvalue weighted by Gasteiger charge is -2.18. The van der Waals surface area contributed by atoms with Crippen LogP contribution in [-0.4, -0.2) is 33.9 Å². The van der Waals surface area contributed by atoms with Gasteiger partial charge in [0.15, 0.2) is 5.82 Å². The number of likely N-dealkylation sites (tertiary alicyclic amines) is 1. The third kappa shape index (κ3) is 2.29. The number of ketones is 1. The van der Waals surface area contributed by atoms with E-state index >= 15 is 0 Å². The van der Waals surface area contributed by atoms with Gasteiger partial charge in [-0.25, -0.2) is 0 Å². The van der Waals surface area contributed by atoms with E-state index in [2.05, 4.69) is 22.0 Å². The van der Waals surface area contributed by atoms with Crippen LogP contribution in [0.3, 0.4) is 0 Å². The van der Waals surface area contributed by atoms with Crippen molar-refractivity contribution in [1.29, 1.82) is 0 Å². The minimum Gasteiger partial charge on any atom is -0.339 e. The van der Waals surface area contributed by atoms with E-state index in [0.29, 0.717) is 5.89 Å². The Kier molecular flexibility index (Phi) is 3.33. The van der Waals surface area contributed by atoms with Crippen molar-refractivity contribution in [1.82, 2.24) is 15.0 Å².